The molecule has 0 saturated carbocycles. The van der Waals surface area contributed by atoms with Gasteiger partial charge in [-0.05, 0) is 31.7 Å². The molecule has 2 aromatic carbocycles. The molecule has 1 unspecified atom stereocenters. The lowest BCUT2D eigenvalue weighted by atomic mass is 9.90. The molecule has 0 bridgehead atoms. The summed E-state index contributed by atoms with van der Waals surface area (Å²) in [6, 6.07) is 17.3. The average Bonchev–Trinajstić information content (AvgIpc) is 3.21. The number of nitrogens with zero attached hydrogens (tertiary/aromatic N) is 2. The Morgan fingerprint density at radius 3 is 2.61 bits per heavy atom. The van der Waals surface area contributed by atoms with Crippen LogP contribution in [0.1, 0.15) is 43.0 Å². The van der Waals surface area contributed by atoms with Crippen molar-refractivity contribution in [1.29, 1.82) is 0 Å². The van der Waals surface area contributed by atoms with Crippen LogP contribution in [0, 0.1) is 6.92 Å². The van der Waals surface area contributed by atoms with Gasteiger partial charge in [-0.2, -0.15) is 0 Å². The first-order valence-electron chi connectivity index (χ1n) is 11.1. The summed E-state index contributed by atoms with van der Waals surface area (Å²) in [5.41, 5.74) is 4.77. The van der Waals surface area contributed by atoms with Gasteiger partial charge in [0.15, 0.2) is 5.17 Å². The Labute approximate surface area is 198 Å². The van der Waals surface area contributed by atoms with Crippen molar-refractivity contribution in [2.75, 3.05) is 13.2 Å². The average molecular weight is 462 g/mol. The fraction of sp³-hybridized carbons (Fsp3) is 0.269. The number of amidine groups is 1. The van der Waals surface area contributed by atoms with Crippen LogP contribution in [0.2, 0.25) is 0 Å². The molecule has 0 saturated heterocycles. The van der Waals surface area contributed by atoms with Crippen molar-refractivity contribution in [3.8, 4) is 0 Å². The van der Waals surface area contributed by atoms with Crippen molar-refractivity contribution in [1.82, 2.24) is 10.2 Å². The highest BCUT2D eigenvalue weighted by Gasteiger charge is 2.42. The molecule has 1 atom stereocenters. The molecule has 2 heterocycles. The van der Waals surface area contributed by atoms with Gasteiger partial charge in [0.1, 0.15) is 0 Å². The van der Waals surface area contributed by atoms with E-state index in [9.17, 15) is 9.59 Å². The van der Waals surface area contributed by atoms with Gasteiger partial charge in [0, 0.05) is 17.8 Å². The van der Waals surface area contributed by atoms with Gasteiger partial charge >= 0.3 is 5.97 Å². The van der Waals surface area contributed by atoms with Crippen molar-refractivity contribution < 1.29 is 14.3 Å². The zero-order valence-electron chi connectivity index (χ0n) is 19.0. The monoisotopic (exact) mass is 461 g/mol. The van der Waals surface area contributed by atoms with Gasteiger partial charge in [-0.25, -0.2) is 9.79 Å². The molecule has 0 fully saturated rings. The summed E-state index contributed by atoms with van der Waals surface area (Å²) in [6.07, 6.45) is 0.207. The molecule has 0 spiro atoms. The van der Waals surface area contributed by atoms with E-state index in [0.717, 1.165) is 27.6 Å². The molecular formula is C26H27N3O3S. The maximum absolute atomic E-state index is 13.4. The zero-order valence-corrected chi connectivity index (χ0v) is 19.8. The third kappa shape index (κ3) is 4.73. The Morgan fingerprint density at radius 1 is 1.12 bits per heavy atom. The second-order valence-electron chi connectivity index (χ2n) is 7.79. The van der Waals surface area contributed by atoms with Crippen LogP contribution in [-0.2, 0) is 14.3 Å². The van der Waals surface area contributed by atoms with Crippen LogP contribution in [0.15, 0.2) is 76.3 Å². The van der Waals surface area contributed by atoms with Crippen molar-refractivity contribution >= 4 is 34.5 Å². The van der Waals surface area contributed by atoms with Crippen molar-refractivity contribution in [2.45, 2.75) is 33.2 Å². The minimum Gasteiger partial charge on any atom is -0.463 e. The Hall–Kier alpha value is -3.32. The van der Waals surface area contributed by atoms with Crippen LogP contribution < -0.4 is 5.32 Å². The molecule has 6 nitrogen and oxygen atoms in total. The van der Waals surface area contributed by atoms with Gasteiger partial charge in [0.25, 0.3) is 0 Å². The summed E-state index contributed by atoms with van der Waals surface area (Å²) in [5, 5.41) is 5.56. The van der Waals surface area contributed by atoms with Crippen LogP contribution in [0.5, 0.6) is 0 Å². The Morgan fingerprint density at radius 2 is 1.91 bits per heavy atom. The molecule has 2 aliphatic rings. The number of carbonyl (C=O) groups excluding carboxylic acids is 2. The second kappa shape index (κ2) is 10.1. The Kier molecular flexibility index (Phi) is 6.99. The molecule has 170 valence electrons. The Balaban J connectivity index is 1.90. The molecule has 7 heteroatoms. The van der Waals surface area contributed by atoms with Gasteiger partial charge in [-0.1, -0.05) is 71.9 Å². The fourth-order valence-corrected chi connectivity index (χ4v) is 4.99. The highest BCUT2D eigenvalue weighted by molar-refractivity contribution is 8.16. The number of aryl methyl sites for hydroxylation is 1. The molecule has 0 aliphatic carbocycles. The number of esters is 1. The SMILES string of the molecule is CCNC(=O)CC1=CSC2=NC(c3ccccc3)=C(C(=O)OCC)C(c3cccc(C)c3)N12. The molecule has 2 aliphatic heterocycles. The number of benzene rings is 2. The molecule has 1 N–H and O–H groups in total. The lowest BCUT2D eigenvalue weighted by molar-refractivity contribution is -0.139. The van der Waals surface area contributed by atoms with Gasteiger partial charge < -0.3 is 15.0 Å². The minimum atomic E-state index is -0.456. The first kappa shape index (κ1) is 22.9. The first-order chi connectivity index (χ1) is 16.0. The number of nitrogens with one attached hydrogen (secondary N) is 1. The van der Waals surface area contributed by atoms with Gasteiger partial charge in [-0.3, -0.25) is 4.79 Å². The van der Waals surface area contributed by atoms with E-state index in [-0.39, 0.29) is 18.9 Å². The number of fused-ring (bicyclic) bond motifs is 1. The highest BCUT2D eigenvalue weighted by Crippen LogP contribution is 2.47. The number of hydrogen-bond acceptors (Lipinski definition) is 6. The largest absolute Gasteiger partial charge is 0.463 e. The summed E-state index contributed by atoms with van der Waals surface area (Å²) in [4.78, 5) is 32.7. The van der Waals surface area contributed by atoms with E-state index in [4.69, 9.17) is 9.73 Å². The number of carbonyl (C=O) groups is 2. The summed E-state index contributed by atoms with van der Waals surface area (Å²) >= 11 is 1.47. The summed E-state index contributed by atoms with van der Waals surface area (Å²) in [5.74, 6) is -0.468. The molecule has 0 radical (unpaired) electrons. The van der Waals surface area contributed by atoms with E-state index < -0.39 is 12.0 Å². The van der Waals surface area contributed by atoms with E-state index in [0.29, 0.717) is 17.8 Å². The summed E-state index contributed by atoms with van der Waals surface area (Å²) in [7, 11) is 0. The normalized spacial score (nSPS) is 17.3. The lowest BCUT2D eigenvalue weighted by Crippen LogP contribution is -2.38. The number of rotatable bonds is 7. The highest BCUT2D eigenvalue weighted by atomic mass is 32.2. The number of aliphatic imine (C=N–C) groups is 1. The quantitative estimate of drug-likeness (QED) is 0.600. The van der Waals surface area contributed by atoms with E-state index in [1.165, 1.54) is 11.8 Å². The van der Waals surface area contributed by atoms with Gasteiger partial charge in [0.05, 0.1) is 30.3 Å². The minimum absolute atomic E-state index is 0.0656. The van der Waals surface area contributed by atoms with Gasteiger partial charge in [0.2, 0.25) is 5.91 Å². The number of amides is 1. The molecule has 4 rings (SSSR count). The number of hydrogen-bond donors (Lipinski definition) is 1. The number of ether oxygens (including phenoxy) is 1. The van der Waals surface area contributed by atoms with Crippen LogP contribution in [0.3, 0.4) is 0 Å². The molecule has 33 heavy (non-hydrogen) atoms. The van der Waals surface area contributed by atoms with E-state index in [1.54, 1.807) is 6.92 Å². The molecular weight excluding hydrogens is 434 g/mol. The zero-order chi connectivity index (χ0) is 23.4. The van der Waals surface area contributed by atoms with Crippen molar-refractivity contribution in [2.24, 2.45) is 4.99 Å². The smallest absolute Gasteiger partial charge is 0.338 e. The molecule has 1 amide bonds. The lowest BCUT2D eigenvalue weighted by Gasteiger charge is -2.37. The summed E-state index contributed by atoms with van der Waals surface area (Å²) < 4.78 is 5.52. The van der Waals surface area contributed by atoms with E-state index >= 15 is 0 Å². The van der Waals surface area contributed by atoms with Gasteiger partial charge in [-0.15, -0.1) is 0 Å². The van der Waals surface area contributed by atoms with Crippen LogP contribution in [-0.4, -0.2) is 35.1 Å². The Bertz CT molecular complexity index is 1150. The van der Waals surface area contributed by atoms with E-state index in [2.05, 4.69) is 11.4 Å². The van der Waals surface area contributed by atoms with Crippen LogP contribution in [0.4, 0.5) is 0 Å². The predicted octanol–water partition coefficient (Wildman–Crippen LogP) is 4.80. The van der Waals surface area contributed by atoms with Crippen molar-refractivity contribution in [3.63, 3.8) is 0 Å². The third-order valence-electron chi connectivity index (χ3n) is 5.43. The summed E-state index contributed by atoms with van der Waals surface area (Å²) in [6.45, 7) is 6.54. The van der Waals surface area contributed by atoms with Crippen LogP contribution in [0.25, 0.3) is 5.70 Å². The third-order valence-corrected chi connectivity index (χ3v) is 6.31. The van der Waals surface area contributed by atoms with Crippen molar-refractivity contribution in [3.05, 3.63) is 88.0 Å². The molecule has 0 aromatic heterocycles. The molecule has 2 aromatic rings. The maximum atomic E-state index is 13.4. The van der Waals surface area contributed by atoms with E-state index in [1.807, 2.05) is 72.7 Å². The standard InChI is InChI=1S/C26H27N3O3S/c1-4-27-21(30)15-20-16-33-26-28-23(18-11-7-6-8-12-18)22(25(31)32-5-2)24(29(20)26)19-13-9-10-17(3)14-19/h6-14,16,24H,4-5,15H2,1-3H3,(H,27,30). The predicted molar refractivity (Wildman–Crippen MR) is 132 cm³/mol. The maximum Gasteiger partial charge on any atom is 0.338 e. The fourth-order valence-electron chi connectivity index (χ4n) is 4.07. The second-order valence-corrected chi connectivity index (χ2v) is 8.62. The topological polar surface area (TPSA) is 71.0 Å². The van der Waals surface area contributed by atoms with Crippen LogP contribution >= 0.6 is 11.8 Å². The number of thioether (sulfide) groups is 1. The first-order valence-corrected chi connectivity index (χ1v) is 11.9.